The number of hydrogen-bond acceptors (Lipinski definition) is 2. The van der Waals surface area contributed by atoms with Crippen molar-refractivity contribution in [1.82, 2.24) is 5.32 Å². The SMILES string of the molecule is CCCc1ccccc1-c1ccc(OCCCCNC(C)C)c(-c2ccc3c(c2)C(C)(C)CCC3(C)C)c1. The Morgan fingerprint density at radius 2 is 1.47 bits per heavy atom. The highest BCUT2D eigenvalue weighted by atomic mass is 16.5. The Labute approximate surface area is 232 Å². The van der Waals surface area contributed by atoms with E-state index < -0.39 is 0 Å². The molecule has 0 unspecified atom stereocenters. The second-order valence-corrected chi connectivity index (χ2v) is 12.8. The van der Waals surface area contributed by atoms with E-state index in [9.17, 15) is 0 Å². The van der Waals surface area contributed by atoms with E-state index in [1.807, 2.05) is 0 Å². The van der Waals surface area contributed by atoms with Gasteiger partial charge in [0.15, 0.2) is 0 Å². The van der Waals surface area contributed by atoms with Gasteiger partial charge < -0.3 is 10.1 Å². The molecule has 38 heavy (non-hydrogen) atoms. The Bertz CT molecular complexity index is 1220. The molecule has 0 aliphatic heterocycles. The zero-order chi connectivity index (χ0) is 27.3. The van der Waals surface area contributed by atoms with Crippen LogP contribution in [0.1, 0.15) is 97.3 Å². The number of hydrogen-bond donors (Lipinski definition) is 1. The third kappa shape index (κ3) is 6.52. The van der Waals surface area contributed by atoms with Gasteiger partial charge in [-0.2, -0.15) is 0 Å². The maximum atomic E-state index is 6.48. The lowest BCUT2D eigenvalue weighted by Crippen LogP contribution is -2.33. The van der Waals surface area contributed by atoms with Gasteiger partial charge in [-0.3, -0.25) is 0 Å². The molecule has 3 aromatic rings. The van der Waals surface area contributed by atoms with Crippen molar-refractivity contribution in [2.45, 2.75) is 104 Å². The van der Waals surface area contributed by atoms with Crippen LogP contribution in [0.3, 0.4) is 0 Å². The van der Waals surface area contributed by atoms with Crippen LogP contribution in [0.25, 0.3) is 22.3 Å². The lowest BCUT2D eigenvalue weighted by atomic mass is 9.63. The van der Waals surface area contributed by atoms with Crippen LogP contribution in [-0.2, 0) is 17.3 Å². The molecule has 0 saturated heterocycles. The van der Waals surface area contributed by atoms with E-state index in [4.69, 9.17) is 4.74 Å². The molecule has 0 fully saturated rings. The molecule has 0 saturated carbocycles. The first-order chi connectivity index (χ1) is 18.1. The maximum absolute atomic E-state index is 6.48. The highest BCUT2D eigenvalue weighted by molar-refractivity contribution is 5.79. The lowest BCUT2D eigenvalue weighted by Gasteiger charge is -2.42. The average Bonchev–Trinajstić information content (AvgIpc) is 2.89. The van der Waals surface area contributed by atoms with Crippen LogP contribution in [-0.4, -0.2) is 19.2 Å². The fraction of sp³-hybridized carbons (Fsp3) is 0.500. The number of nitrogens with one attached hydrogen (secondary N) is 1. The molecule has 3 aromatic carbocycles. The van der Waals surface area contributed by atoms with Crippen LogP contribution in [0.15, 0.2) is 60.7 Å². The second kappa shape index (κ2) is 12.1. The number of rotatable bonds is 11. The Morgan fingerprint density at radius 1 is 0.789 bits per heavy atom. The van der Waals surface area contributed by atoms with Crippen molar-refractivity contribution < 1.29 is 4.74 Å². The molecule has 4 rings (SSSR count). The highest BCUT2D eigenvalue weighted by Crippen LogP contribution is 2.47. The zero-order valence-corrected chi connectivity index (χ0v) is 24.9. The summed E-state index contributed by atoms with van der Waals surface area (Å²) in [6.45, 7) is 18.0. The van der Waals surface area contributed by atoms with E-state index in [1.165, 1.54) is 51.8 Å². The van der Waals surface area contributed by atoms with Gasteiger partial charge in [0.05, 0.1) is 6.61 Å². The van der Waals surface area contributed by atoms with Crippen LogP contribution in [0.5, 0.6) is 5.75 Å². The molecule has 0 atom stereocenters. The molecule has 0 aromatic heterocycles. The smallest absolute Gasteiger partial charge is 0.127 e. The Kier molecular flexibility index (Phi) is 9.04. The fourth-order valence-corrected chi connectivity index (χ4v) is 5.89. The second-order valence-electron chi connectivity index (χ2n) is 12.8. The molecule has 0 heterocycles. The minimum atomic E-state index is 0.177. The fourth-order valence-electron chi connectivity index (χ4n) is 5.89. The molecule has 2 heteroatoms. The van der Waals surface area contributed by atoms with Gasteiger partial charge >= 0.3 is 0 Å². The number of aryl methyl sites for hydroxylation is 1. The summed E-state index contributed by atoms with van der Waals surface area (Å²) in [4.78, 5) is 0. The van der Waals surface area contributed by atoms with Gasteiger partial charge in [0, 0.05) is 11.6 Å². The minimum Gasteiger partial charge on any atom is -0.493 e. The molecular formula is C36H49NO. The first-order valence-corrected chi connectivity index (χ1v) is 14.9. The van der Waals surface area contributed by atoms with Gasteiger partial charge in [-0.1, -0.05) is 103 Å². The van der Waals surface area contributed by atoms with Crippen molar-refractivity contribution >= 4 is 0 Å². The predicted octanol–water partition coefficient (Wildman–Crippen LogP) is 9.48. The van der Waals surface area contributed by atoms with Crippen LogP contribution >= 0.6 is 0 Å². The Hall–Kier alpha value is -2.58. The molecule has 1 N–H and O–H groups in total. The average molecular weight is 512 g/mol. The summed E-state index contributed by atoms with van der Waals surface area (Å²) in [6.07, 6.45) is 6.86. The topological polar surface area (TPSA) is 21.3 Å². The largest absolute Gasteiger partial charge is 0.493 e. The molecule has 0 radical (unpaired) electrons. The van der Waals surface area contributed by atoms with E-state index >= 15 is 0 Å². The standard InChI is InChI=1S/C36H49NO/c1-8-13-27-14-9-10-15-30(27)28-17-19-34(38-23-12-11-22-37-26(2)3)31(24-28)29-16-18-32-33(25-29)36(6,7)21-20-35(32,4)5/h9-10,14-19,24-26,37H,8,11-13,20-23H2,1-7H3. The van der Waals surface area contributed by atoms with Gasteiger partial charge in [-0.25, -0.2) is 0 Å². The quantitative estimate of drug-likeness (QED) is 0.259. The number of unbranched alkanes of at least 4 members (excludes halogenated alkanes) is 1. The van der Waals surface area contributed by atoms with E-state index in [0.29, 0.717) is 6.04 Å². The summed E-state index contributed by atoms with van der Waals surface area (Å²) in [5.41, 5.74) is 9.88. The molecule has 0 amide bonds. The maximum Gasteiger partial charge on any atom is 0.127 e. The molecular weight excluding hydrogens is 462 g/mol. The van der Waals surface area contributed by atoms with Crippen LogP contribution in [0, 0.1) is 0 Å². The summed E-state index contributed by atoms with van der Waals surface area (Å²) >= 11 is 0. The monoisotopic (exact) mass is 511 g/mol. The van der Waals surface area contributed by atoms with Crippen LogP contribution in [0.2, 0.25) is 0 Å². The van der Waals surface area contributed by atoms with Gasteiger partial charge in [0.2, 0.25) is 0 Å². The van der Waals surface area contributed by atoms with Crippen LogP contribution < -0.4 is 10.1 Å². The van der Waals surface area contributed by atoms with Gasteiger partial charge in [0.1, 0.15) is 5.75 Å². The van der Waals surface area contributed by atoms with Crippen molar-refractivity contribution in [1.29, 1.82) is 0 Å². The highest BCUT2D eigenvalue weighted by Gasteiger charge is 2.37. The van der Waals surface area contributed by atoms with Crippen molar-refractivity contribution in [2.24, 2.45) is 0 Å². The number of ether oxygens (including phenoxy) is 1. The van der Waals surface area contributed by atoms with Crippen LogP contribution in [0.4, 0.5) is 0 Å². The zero-order valence-electron chi connectivity index (χ0n) is 24.9. The van der Waals surface area contributed by atoms with E-state index in [-0.39, 0.29) is 10.8 Å². The summed E-state index contributed by atoms with van der Waals surface area (Å²) < 4.78 is 6.48. The van der Waals surface area contributed by atoms with Crippen molar-refractivity contribution in [3.63, 3.8) is 0 Å². The summed E-state index contributed by atoms with van der Waals surface area (Å²) in [5.74, 6) is 0.992. The molecule has 0 bridgehead atoms. The van der Waals surface area contributed by atoms with E-state index in [1.54, 1.807) is 0 Å². The predicted molar refractivity (Wildman–Crippen MR) is 164 cm³/mol. The third-order valence-corrected chi connectivity index (χ3v) is 8.37. The van der Waals surface area contributed by atoms with Gasteiger partial charge in [-0.05, 0) is 95.0 Å². The van der Waals surface area contributed by atoms with Crippen molar-refractivity contribution in [3.05, 3.63) is 77.4 Å². The molecule has 2 nitrogen and oxygen atoms in total. The minimum absolute atomic E-state index is 0.177. The van der Waals surface area contributed by atoms with E-state index in [2.05, 4.69) is 114 Å². The molecule has 1 aliphatic rings. The normalized spacial score (nSPS) is 15.9. The number of fused-ring (bicyclic) bond motifs is 1. The molecule has 1 aliphatic carbocycles. The Balaban J connectivity index is 1.72. The van der Waals surface area contributed by atoms with Crippen molar-refractivity contribution in [2.75, 3.05) is 13.2 Å². The van der Waals surface area contributed by atoms with Crippen molar-refractivity contribution in [3.8, 4) is 28.0 Å². The summed E-state index contributed by atoms with van der Waals surface area (Å²) in [5, 5.41) is 3.51. The first kappa shape index (κ1) is 28.4. The summed E-state index contributed by atoms with van der Waals surface area (Å²) in [7, 11) is 0. The van der Waals surface area contributed by atoms with Gasteiger partial charge in [-0.15, -0.1) is 0 Å². The van der Waals surface area contributed by atoms with Gasteiger partial charge in [0.25, 0.3) is 0 Å². The first-order valence-electron chi connectivity index (χ1n) is 14.9. The third-order valence-electron chi connectivity index (χ3n) is 8.37. The summed E-state index contributed by atoms with van der Waals surface area (Å²) in [6, 6.07) is 23.4. The number of benzene rings is 3. The molecule has 0 spiro atoms. The van der Waals surface area contributed by atoms with E-state index in [0.717, 1.165) is 44.6 Å². The Morgan fingerprint density at radius 3 is 2.21 bits per heavy atom. The lowest BCUT2D eigenvalue weighted by molar-refractivity contribution is 0.306. The molecule has 204 valence electrons.